The third-order valence-electron chi connectivity index (χ3n) is 2.39. The number of rotatable bonds is 3. The molecule has 5 nitrogen and oxygen atoms in total. The second kappa shape index (κ2) is 4.61. The lowest BCUT2D eigenvalue weighted by Crippen LogP contribution is -2.33. The van der Waals surface area contributed by atoms with E-state index in [4.69, 9.17) is 0 Å². The maximum Gasteiger partial charge on any atom is 0.269 e. The summed E-state index contributed by atoms with van der Waals surface area (Å²) in [5.74, 6) is -0.188. The van der Waals surface area contributed by atoms with E-state index in [0.29, 0.717) is 12.1 Å². The van der Waals surface area contributed by atoms with Crippen LogP contribution in [-0.4, -0.2) is 4.92 Å². The Hall–Kier alpha value is -2.43. The zero-order valence-electron chi connectivity index (χ0n) is 8.95. The first-order valence-electron chi connectivity index (χ1n) is 5.05. The smallest absolute Gasteiger partial charge is 0.269 e. The molecule has 0 unspecified atom stereocenters. The van der Waals surface area contributed by atoms with Gasteiger partial charge in [0, 0.05) is 29.8 Å². The second-order valence-electron chi connectivity index (χ2n) is 3.60. The molecule has 0 N–H and O–H groups in total. The fourth-order valence-electron chi connectivity index (χ4n) is 1.54. The molecule has 1 aromatic carbocycles. The van der Waals surface area contributed by atoms with Crippen molar-refractivity contribution >= 4 is 5.69 Å². The Morgan fingerprint density at radius 1 is 1.18 bits per heavy atom. The predicted octanol–water partition coefficient (Wildman–Crippen LogP) is 1.00. The minimum Gasteiger partial charge on any atom is -0.872 e. The Bertz CT molecular complexity index is 541. The highest BCUT2D eigenvalue weighted by molar-refractivity contribution is 5.41. The van der Waals surface area contributed by atoms with Gasteiger partial charge in [-0.15, -0.1) is 0 Å². The number of benzene rings is 1. The monoisotopic (exact) mass is 230 g/mol. The molecule has 0 saturated heterocycles. The molecule has 0 radical (unpaired) electrons. The fourth-order valence-corrected chi connectivity index (χ4v) is 1.54. The first-order chi connectivity index (χ1) is 8.16. The van der Waals surface area contributed by atoms with Gasteiger partial charge in [-0.05, 0) is 0 Å². The van der Waals surface area contributed by atoms with E-state index >= 15 is 0 Å². The van der Waals surface area contributed by atoms with Crippen LogP contribution in [-0.2, 0) is 6.54 Å². The molecular formula is C12H10N2O3. The van der Waals surface area contributed by atoms with E-state index in [2.05, 4.69) is 0 Å². The van der Waals surface area contributed by atoms with Crippen LogP contribution >= 0.6 is 0 Å². The van der Waals surface area contributed by atoms with Gasteiger partial charge in [-0.2, -0.15) is 0 Å². The summed E-state index contributed by atoms with van der Waals surface area (Å²) in [5, 5.41) is 22.2. The van der Waals surface area contributed by atoms with Gasteiger partial charge in [-0.3, -0.25) is 10.1 Å². The maximum absolute atomic E-state index is 11.6. The molecule has 0 amide bonds. The van der Waals surface area contributed by atoms with Gasteiger partial charge in [0.25, 0.3) is 5.69 Å². The molecule has 0 aliphatic heterocycles. The van der Waals surface area contributed by atoms with Gasteiger partial charge >= 0.3 is 0 Å². The molecule has 2 aromatic rings. The van der Waals surface area contributed by atoms with Crippen molar-refractivity contribution in [2.24, 2.45) is 0 Å². The molecule has 0 atom stereocenters. The van der Waals surface area contributed by atoms with Crippen molar-refractivity contribution in [3.8, 4) is 5.75 Å². The van der Waals surface area contributed by atoms with Crippen LogP contribution in [0.25, 0.3) is 0 Å². The quantitative estimate of drug-likeness (QED) is 0.448. The van der Waals surface area contributed by atoms with Gasteiger partial charge in [0.2, 0.25) is 0 Å². The number of aromatic nitrogens is 1. The highest BCUT2D eigenvalue weighted by Crippen LogP contribution is 2.20. The summed E-state index contributed by atoms with van der Waals surface area (Å²) in [6, 6.07) is 9.31. The standard InChI is InChI=1S/C12H10N2O3/c15-12-5-4-11(14(16)17)8-10(12)9-13-6-2-1-3-7-13/h1-8H,9H2. The third-order valence-corrected chi connectivity index (χ3v) is 2.39. The molecule has 1 heterocycles. The summed E-state index contributed by atoms with van der Waals surface area (Å²) in [6.07, 6.45) is 3.61. The maximum atomic E-state index is 11.6. The largest absolute Gasteiger partial charge is 0.872 e. The van der Waals surface area contributed by atoms with Crippen LogP contribution in [0.1, 0.15) is 5.56 Å². The van der Waals surface area contributed by atoms with E-state index in [1.165, 1.54) is 18.2 Å². The van der Waals surface area contributed by atoms with Gasteiger partial charge in [0.15, 0.2) is 18.9 Å². The van der Waals surface area contributed by atoms with Crippen molar-refractivity contribution in [2.45, 2.75) is 6.54 Å². The van der Waals surface area contributed by atoms with Crippen LogP contribution in [0.5, 0.6) is 5.75 Å². The number of hydrogen-bond donors (Lipinski definition) is 0. The number of non-ortho nitro benzene ring substituents is 1. The molecule has 0 spiro atoms. The van der Waals surface area contributed by atoms with Gasteiger partial charge in [0.1, 0.15) is 0 Å². The second-order valence-corrected chi connectivity index (χ2v) is 3.60. The Morgan fingerprint density at radius 3 is 2.53 bits per heavy atom. The number of nitrogens with zero attached hydrogens (tertiary/aromatic N) is 2. The van der Waals surface area contributed by atoms with Gasteiger partial charge in [0.05, 0.1) is 4.92 Å². The van der Waals surface area contributed by atoms with E-state index in [1.807, 2.05) is 18.2 Å². The molecule has 0 aliphatic carbocycles. The first kappa shape index (κ1) is 11.1. The molecule has 0 aliphatic rings. The van der Waals surface area contributed by atoms with Crippen LogP contribution in [0, 0.1) is 10.1 Å². The van der Waals surface area contributed by atoms with Crippen molar-refractivity contribution in [1.29, 1.82) is 0 Å². The lowest BCUT2D eigenvalue weighted by atomic mass is 10.1. The topological polar surface area (TPSA) is 70.1 Å². The van der Waals surface area contributed by atoms with Crippen LogP contribution < -0.4 is 9.67 Å². The highest BCUT2D eigenvalue weighted by atomic mass is 16.6. The van der Waals surface area contributed by atoms with Crippen molar-refractivity contribution in [3.05, 3.63) is 64.5 Å². The van der Waals surface area contributed by atoms with Crippen molar-refractivity contribution in [2.75, 3.05) is 0 Å². The van der Waals surface area contributed by atoms with E-state index in [1.54, 1.807) is 17.0 Å². The molecule has 17 heavy (non-hydrogen) atoms. The predicted molar refractivity (Wildman–Crippen MR) is 58.3 cm³/mol. The number of nitro groups is 1. The third kappa shape index (κ3) is 2.57. The zero-order chi connectivity index (χ0) is 12.3. The van der Waals surface area contributed by atoms with E-state index in [9.17, 15) is 15.2 Å². The highest BCUT2D eigenvalue weighted by Gasteiger charge is 2.09. The molecular weight excluding hydrogens is 220 g/mol. The Labute approximate surface area is 97.7 Å². The van der Waals surface area contributed by atoms with Crippen LogP contribution in [0.3, 0.4) is 0 Å². The Kier molecular flexibility index (Phi) is 3.00. The SMILES string of the molecule is O=[N+]([O-])c1ccc([O-])c(C[n+]2ccccc2)c1. The minimum atomic E-state index is -0.501. The number of hydrogen-bond acceptors (Lipinski definition) is 3. The van der Waals surface area contributed by atoms with Gasteiger partial charge in [-0.1, -0.05) is 17.9 Å². The summed E-state index contributed by atoms with van der Waals surface area (Å²) >= 11 is 0. The van der Waals surface area contributed by atoms with E-state index in [-0.39, 0.29) is 11.4 Å². The van der Waals surface area contributed by atoms with E-state index < -0.39 is 4.92 Å². The average Bonchev–Trinajstić information content (AvgIpc) is 2.33. The minimum absolute atomic E-state index is 0.0591. The molecule has 0 bridgehead atoms. The zero-order valence-corrected chi connectivity index (χ0v) is 8.95. The summed E-state index contributed by atoms with van der Waals surface area (Å²) in [4.78, 5) is 10.1. The molecule has 1 aromatic heterocycles. The molecule has 5 heteroatoms. The summed E-state index contributed by atoms with van der Waals surface area (Å²) in [6.45, 7) is 0.335. The van der Waals surface area contributed by atoms with Crippen molar-refractivity contribution < 1.29 is 14.6 Å². The number of nitro benzene ring substituents is 1. The lowest BCUT2D eigenvalue weighted by Gasteiger charge is -2.09. The Balaban J connectivity index is 2.32. The Morgan fingerprint density at radius 2 is 1.88 bits per heavy atom. The summed E-state index contributed by atoms with van der Waals surface area (Å²) in [5.41, 5.74) is 0.353. The summed E-state index contributed by atoms with van der Waals surface area (Å²) < 4.78 is 1.79. The van der Waals surface area contributed by atoms with Crippen molar-refractivity contribution in [1.82, 2.24) is 0 Å². The normalized spacial score (nSPS) is 10.1. The average molecular weight is 230 g/mol. The molecule has 0 fully saturated rings. The van der Waals surface area contributed by atoms with Crippen LogP contribution in [0.4, 0.5) is 5.69 Å². The van der Waals surface area contributed by atoms with Crippen molar-refractivity contribution in [3.63, 3.8) is 0 Å². The molecule has 2 rings (SSSR count). The first-order valence-corrected chi connectivity index (χ1v) is 5.05. The lowest BCUT2D eigenvalue weighted by molar-refractivity contribution is -0.688. The van der Waals surface area contributed by atoms with E-state index in [0.717, 1.165) is 0 Å². The summed E-state index contributed by atoms with van der Waals surface area (Å²) in [7, 11) is 0. The van der Waals surface area contributed by atoms with Crippen LogP contribution in [0.2, 0.25) is 0 Å². The fraction of sp³-hybridized carbons (Fsp3) is 0.0833. The van der Waals surface area contributed by atoms with Gasteiger partial charge < -0.3 is 5.11 Å². The molecule has 86 valence electrons. The number of pyridine rings is 1. The van der Waals surface area contributed by atoms with Gasteiger partial charge in [-0.25, -0.2) is 4.57 Å². The molecule has 0 saturated carbocycles. The van der Waals surface area contributed by atoms with Crippen LogP contribution in [0.15, 0.2) is 48.8 Å².